The zero-order valence-electron chi connectivity index (χ0n) is 17.8. The van der Waals surface area contributed by atoms with Crippen molar-refractivity contribution in [2.24, 2.45) is 0 Å². The average molecular weight is 435 g/mol. The number of rotatable bonds is 14. The maximum atomic E-state index is 11.2. The predicted octanol–water partition coefficient (Wildman–Crippen LogP) is 6.89. The molecular formula is C24H34O5S. The quantitative estimate of drug-likeness (QED) is 0.250. The second kappa shape index (κ2) is 12.6. The van der Waals surface area contributed by atoms with E-state index in [1.807, 2.05) is 18.2 Å². The van der Waals surface area contributed by atoms with Crippen molar-refractivity contribution in [2.75, 3.05) is 0 Å². The van der Waals surface area contributed by atoms with Gasteiger partial charge in [0.05, 0.1) is 0 Å². The number of aryl methyl sites for hydroxylation is 1. The molecule has 0 unspecified atom stereocenters. The first-order valence-electron chi connectivity index (χ1n) is 11.0. The molecule has 0 aliphatic carbocycles. The fraction of sp³-hybridized carbons (Fsp3) is 0.500. The lowest BCUT2D eigenvalue weighted by molar-refractivity contribution is 0.433. The van der Waals surface area contributed by atoms with Crippen LogP contribution in [0.25, 0.3) is 0 Å². The highest BCUT2D eigenvalue weighted by Gasteiger charge is 2.16. The van der Waals surface area contributed by atoms with Crippen molar-refractivity contribution in [1.29, 1.82) is 0 Å². The molecular weight excluding hydrogens is 400 g/mol. The van der Waals surface area contributed by atoms with Crippen molar-refractivity contribution in [3.05, 3.63) is 48.0 Å². The molecule has 0 aliphatic rings. The van der Waals surface area contributed by atoms with E-state index in [4.69, 9.17) is 9.29 Å². The molecule has 0 bridgehead atoms. The van der Waals surface area contributed by atoms with Crippen LogP contribution in [0, 0.1) is 0 Å². The highest BCUT2D eigenvalue weighted by atomic mass is 32.2. The third kappa shape index (κ3) is 8.76. The maximum absolute atomic E-state index is 11.2. The van der Waals surface area contributed by atoms with Crippen LogP contribution in [0.2, 0.25) is 0 Å². The van der Waals surface area contributed by atoms with E-state index < -0.39 is 20.8 Å². The number of phenolic OH excluding ortho intramolecular Hbond substituents is 1. The summed E-state index contributed by atoms with van der Waals surface area (Å²) in [5.74, 6) is 0.381. The maximum Gasteiger partial charge on any atom is 0.298 e. The number of hydrogen-bond donors (Lipinski definition) is 2. The van der Waals surface area contributed by atoms with E-state index in [1.165, 1.54) is 75.5 Å². The SMILES string of the molecule is CCCCCCCCCCCCc1cccc(Oc2ccc(S(=O)(=O)O)c(O)c2)c1. The molecule has 5 nitrogen and oxygen atoms in total. The zero-order chi connectivity index (χ0) is 21.8. The van der Waals surface area contributed by atoms with Gasteiger partial charge in [0.25, 0.3) is 10.1 Å². The van der Waals surface area contributed by atoms with E-state index in [1.54, 1.807) is 0 Å². The molecule has 6 heteroatoms. The molecule has 0 aromatic heterocycles. The van der Waals surface area contributed by atoms with E-state index in [-0.39, 0.29) is 0 Å². The van der Waals surface area contributed by atoms with Crippen LogP contribution in [0.15, 0.2) is 47.4 Å². The number of ether oxygens (including phenoxy) is 1. The van der Waals surface area contributed by atoms with Crippen LogP contribution in [0.3, 0.4) is 0 Å². The molecule has 0 spiro atoms. The molecule has 0 atom stereocenters. The molecule has 0 radical (unpaired) electrons. The Balaban J connectivity index is 1.74. The van der Waals surface area contributed by atoms with Gasteiger partial charge < -0.3 is 9.84 Å². The van der Waals surface area contributed by atoms with Gasteiger partial charge >= 0.3 is 0 Å². The minimum Gasteiger partial charge on any atom is -0.506 e. The van der Waals surface area contributed by atoms with E-state index >= 15 is 0 Å². The molecule has 0 saturated heterocycles. The summed E-state index contributed by atoms with van der Waals surface area (Å²) in [7, 11) is -4.46. The molecule has 0 aliphatic heterocycles. The largest absolute Gasteiger partial charge is 0.506 e. The number of benzene rings is 2. The van der Waals surface area contributed by atoms with E-state index in [0.717, 1.165) is 18.9 Å². The Bertz CT molecular complexity index is 877. The molecule has 0 amide bonds. The van der Waals surface area contributed by atoms with Crippen LogP contribution < -0.4 is 4.74 Å². The van der Waals surface area contributed by atoms with Gasteiger partial charge in [0.1, 0.15) is 22.1 Å². The van der Waals surface area contributed by atoms with Crippen LogP contribution in [0.1, 0.15) is 76.7 Å². The smallest absolute Gasteiger partial charge is 0.298 e. The second-order valence-electron chi connectivity index (χ2n) is 7.79. The minimum atomic E-state index is -4.46. The predicted molar refractivity (Wildman–Crippen MR) is 120 cm³/mol. The van der Waals surface area contributed by atoms with Gasteiger partial charge in [-0.3, -0.25) is 4.55 Å². The van der Waals surface area contributed by atoms with Crippen LogP contribution >= 0.6 is 0 Å². The summed E-state index contributed by atoms with van der Waals surface area (Å²) in [6.07, 6.45) is 14.1. The van der Waals surface area contributed by atoms with Gasteiger partial charge in [-0.05, 0) is 42.7 Å². The Hall–Kier alpha value is -2.05. The highest BCUT2D eigenvalue weighted by Crippen LogP contribution is 2.30. The number of unbranched alkanes of at least 4 members (excludes halogenated alkanes) is 9. The third-order valence-corrected chi connectivity index (χ3v) is 6.06. The molecule has 2 rings (SSSR count). The van der Waals surface area contributed by atoms with Gasteiger partial charge in [-0.2, -0.15) is 8.42 Å². The number of hydrogen-bond acceptors (Lipinski definition) is 4. The zero-order valence-corrected chi connectivity index (χ0v) is 18.7. The summed E-state index contributed by atoms with van der Waals surface area (Å²) in [5.41, 5.74) is 1.19. The summed E-state index contributed by atoms with van der Waals surface area (Å²) in [6, 6.07) is 11.5. The Kier molecular flexibility index (Phi) is 10.2. The fourth-order valence-corrected chi connectivity index (χ4v) is 4.06. The van der Waals surface area contributed by atoms with E-state index in [2.05, 4.69) is 13.0 Å². The summed E-state index contributed by atoms with van der Waals surface area (Å²) in [4.78, 5) is -0.537. The lowest BCUT2D eigenvalue weighted by atomic mass is 10.0. The van der Waals surface area contributed by atoms with E-state index in [0.29, 0.717) is 11.5 Å². The highest BCUT2D eigenvalue weighted by molar-refractivity contribution is 7.86. The number of phenols is 1. The summed E-state index contributed by atoms with van der Waals surface area (Å²) in [6.45, 7) is 2.25. The van der Waals surface area contributed by atoms with E-state index in [9.17, 15) is 13.5 Å². The van der Waals surface area contributed by atoms with Crippen LogP contribution in [-0.4, -0.2) is 18.1 Å². The Morgan fingerprint density at radius 3 is 2.00 bits per heavy atom. The minimum absolute atomic E-state index is 0.302. The van der Waals surface area contributed by atoms with Gasteiger partial charge in [0.2, 0.25) is 0 Å². The summed E-state index contributed by atoms with van der Waals surface area (Å²) >= 11 is 0. The second-order valence-corrected chi connectivity index (χ2v) is 9.18. The van der Waals surface area contributed by atoms with Crippen molar-refractivity contribution in [3.63, 3.8) is 0 Å². The third-order valence-electron chi connectivity index (χ3n) is 5.16. The molecule has 0 saturated carbocycles. The van der Waals surface area contributed by atoms with Gasteiger partial charge in [0.15, 0.2) is 0 Å². The van der Waals surface area contributed by atoms with Gasteiger partial charge in [-0.1, -0.05) is 76.8 Å². The molecule has 166 valence electrons. The Labute approximate surface area is 180 Å². The standard InChI is InChI=1S/C24H34O5S/c1-2-3-4-5-6-7-8-9-10-11-13-20-14-12-15-21(18-20)29-22-16-17-24(23(25)19-22)30(26,27)28/h12,14-19,25H,2-11,13H2,1H3,(H,26,27,28). The van der Waals surface area contributed by atoms with Gasteiger partial charge in [-0.25, -0.2) is 0 Å². The van der Waals surface area contributed by atoms with Crippen LogP contribution in [0.4, 0.5) is 0 Å². The van der Waals surface area contributed by atoms with Crippen molar-refractivity contribution in [1.82, 2.24) is 0 Å². The monoisotopic (exact) mass is 434 g/mol. The molecule has 0 heterocycles. The van der Waals surface area contributed by atoms with Crippen molar-refractivity contribution in [2.45, 2.75) is 82.4 Å². The average Bonchev–Trinajstić information content (AvgIpc) is 2.69. The van der Waals surface area contributed by atoms with Crippen LogP contribution in [-0.2, 0) is 16.5 Å². The van der Waals surface area contributed by atoms with Crippen molar-refractivity contribution < 1.29 is 22.8 Å². The lowest BCUT2D eigenvalue weighted by Crippen LogP contribution is -1.98. The molecule has 30 heavy (non-hydrogen) atoms. The molecule has 2 N–H and O–H groups in total. The Morgan fingerprint density at radius 2 is 1.40 bits per heavy atom. The first kappa shape index (κ1) is 24.2. The van der Waals surface area contributed by atoms with Crippen molar-refractivity contribution >= 4 is 10.1 Å². The number of aromatic hydroxyl groups is 1. The van der Waals surface area contributed by atoms with Crippen molar-refractivity contribution in [3.8, 4) is 17.2 Å². The van der Waals surface area contributed by atoms with Crippen LogP contribution in [0.5, 0.6) is 17.2 Å². The summed E-state index contributed by atoms with van der Waals surface area (Å²) < 4.78 is 37.1. The summed E-state index contributed by atoms with van der Waals surface area (Å²) in [5, 5.41) is 9.80. The van der Waals surface area contributed by atoms with Gasteiger partial charge in [-0.15, -0.1) is 0 Å². The first-order chi connectivity index (χ1) is 14.4. The lowest BCUT2D eigenvalue weighted by Gasteiger charge is -2.09. The molecule has 0 fully saturated rings. The first-order valence-corrected chi connectivity index (χ1v) is 12.4. The topological polar surface area (TPSA) is 83.8 Å². The molecule has 2 aromatic carbocycles. The van der Waals surface area contributed by atoms with Gasteiger partial charge in [0, 0.05) is 6.07 Å². The normalized spacial score (nSPS) is 11.5. The Morgan fingerprint density at radius 1 is 0.800 bits per heavy atom. The molecule has 2 aromatic rings. The fourth-order valence-electron chi connectivity index (χ4n) is 3.50.